The molecule has 0 aliphatic carbocycles. The molecule has 0 spiro atoms. The van der Waals surface area contributed by atoms with Gasteiger partial charge in [-0.1, -0.05) is 13.0 Å². The predicted molar refractivity (Wildman–Crippen MR) is 37.7 cm³/mol. The van der Waals surface area contributed by atoms with Crippen molar-refractivity contribution in [2.24, 2.45) is 0 Å². The second-order valence-electron chi connectivity index (χ2n) is 2.22. The minimum atomic E-state index is 0. The number of rotatable bonds is 1. The van der Waals surface area contributed by atoms with Gasteiger partial charge in [-0.25, -0.2) is 0 Å². The third-order valence-corrected chi connectivity index (χ3v) is 1.55. The fourth-order valence-electron chi connectivity index (χ4n) is 0.962. The van der Waals surface area contributed by atoms with Crippen LogP contribution in [0, 0.1) is 12.7 Å². The Morgan fingerprint density at radius 1 is 1.80 bits per heavy atom. The van der Waals surface area contributed by atoms with E-state index in [2.05, 4.69) is 18.3 Å². The van der Waals surface area contributed by atoms with Crippen molar-refractivity contribution in [3.05, 3.63) is 24.3 Å². The average Bonchev–Trinajstić information content (AvgIpc) is 1.89. The van der Waals surface area contributed by atoms with Crippen molar-refractivity contribution >= 4 is 0 Å². The molecule has 0 aromatic rings. The van der Waals surface area contributed by atoms with Gasteiger partial charge in [0.2, 0.25) is 0 Å². The summed E-state index contributed by atoms with van der Waals surface area (Å²) in [4.78, 5) is 0. The number of nitrogens with one attached hydrogen (secondary N) is 1. The Kier molecular flexibility index (Phi) is 5.51. The molecule has 10 heavy (non-hydrogen) atoms. The Balaban J connectivity index is 0.000000810. The van der Waals surface area contributed by atoms with Gasteiger partial charge in [0.25, 0.3) is 0 Å². The molecule has 0 bridgehead atoms. The Labute approximate surface area is 87.8 Å². The summed E-state index contributed by atoms with van der Waals surface area (Å²) >= 11 is 0. The second kappa shape index (κ2) is 5.23. The van der Waals surface area contributed by atoms with Gasteiger partial charge >= 0.3 is 0 Å². The molecule has 0 aromatic carbocycles. The molecule has 1 aliphatic heterocycles. The third-order valence-electron chi connectivity index (χ3n) is 1.55. The quantitative estimate of drug-likeness (QED) is 0.638. The van der Waals surface area contributed by atoms with Crippen molar-refractivity contribution < 1.29 is 32.7 Å². The van der Waals surface area contributed by atoms with Gasteiger partial charge in [-0.15, -0.1) is 6.42 Å². The maximum atomic E-state index is 5.33. The van der Waals surface area contributed by atoms with Crippen molar-refractivity contribution in [3.8, 4) is 0 Å². The summed E-state index contributed by atoms with van der Waals surface area (Å²) in [6.45, 7) is 8.44. The Morgan fingerprint density at radius 3 is 2.90 bits per heavy atom. The van der Waals surface area contributed by atoms with E-state index < -0.39 is 0 Å². The first-order valence-corrected chi connectivity index (χ1v) is 3.23. The molecule has 2 heteroatoms. The molecular weight excluding hydrogens is 199 g/mol. The van der Waals surface area contributed by atoms with Crippen LogP contribution in [0.25, 0.3) is 0 Å². The fourth-order valence-corrected chi connectivity index (χ4v) is 0.962. The summed E-state index contributed by atoms with van der Waals surface area (Å²) in [5, 5.41) is 3.27. The van der Waals surface area contributed by atoms with Crippen LogP contribution in [0.3, 0.4) is 0 Å². The molecule has 1 nitrogen and oxygen atoms in total. The first kappa shape index (κ1) is 10.5. The molecule has 1 atom stereocenters. The van der Waals surface area contributed by atoms with E-state index in [-0.39, 0.29) is 32.7 Å². The van der Waals surface area contributed by atoms with E-state index in [0.717, 1.165) is 18.5 Å². The minimum absolute atomic E-state index is 0. The van der Waals surface area contributed by atoms with E-state index >= 15 is 0 Å². The Hall–Kier alpha value is 0.544. The topological polar surface area (TPSA) is 12.0 Å². The van der Waals surface area contributed by atoms with Crippen LogP contribution in [0.4, 0.5) is 0 Å². The van der Waals surface area contributed by atoms with E-state index in [0.29, 0.717) is 6.04 Å². The van der Waals surface area contributed by atoms with Crippen LogP contribution in [-0.4, -0.2) is 12.6 Å². The second-order valence-corrected chi connectivity index (χ2v) is 2.22. The minimum Gasteiger partial charge on any atom is -0.394 e. The van der Waals surface area contributed by atoms with Gasteiger partial charge in [0.15, 0.2) is 0 Å². The zero-order valence-corrected chi connectivity index (χ0v) is 9.06. The molecule has 1 unspecified atom stereocenters. The summed E-state index contributed by atoms with van der Waals surface area (Å²) in [5.41, 5.74) is 1.10. The van der Waals surface area contributed by atoms with Gasteiger partial charge in [-0.3, -0.25) is 0 Å². The normalized spacial score (nSPS) is 24.5. The molecule has 0 amide bonds. The average molecular weight is 210 g/mol. The third kappa shape index (κ3) is 2.65. The summed E-state index contributed by atoms with van der Waals surface area (Å²) in [6.07, 6.45) is 5.79. The van der Waals surface area contributed by atoms with Crippen molar-refractivity contribution in [2.45, 2.75) is 19.4 Å². The summed E-state index contributed by atoms with van der Waals surface area (Å²) in [7, 11) is 0. The van der Waals surface area contributed by atoms with Gasteiger partial charge in [0.05, 0.1) is 0 Å². The first-order valence-electron chi connectivity index (χ1n) is 3.23. The molecule has 0 aromatic heterocycles. The molecule has 1 aliphatic rings. The molecule has 0 fully saturated rings. The van der Waals surface area contributed by atoms with Crippen LogP contribution in [0.1, 0.15) is 13.3 Å². The molecule has 53 valence electrons. The smallest absolute Gasteiger partial charge is 0 e. The van der Waals surface area contributed by atoms with E-state index in [1.807, 2.05) is 0 Å². The zero-order valence-electron chi connectivity index (χ0n) is 6.22. The standard InChI is InChI=1S/C8H11N.Y/c1-3-8-5-4-6-9-7(8)2;/h1,3,7,9H,4,6H2,2H3;/q-2;. The molecule has 0 saturated carbocycles. The van der Waals surface area contributed by atoms with E-state index in [1.54, 1.807) is 6.08 Å². The van der Waals surface area contributed by atoms with Crippen molar-refractivity contribution in [3.63, 3.8) is 0 Å². The molecule has 1 radical (unpaired) electrons. The van der Waals surface area contributed by atoms with Crippen molar-refractivity contribution in [1.82, 2.24) is 5.32 Å². The maximum Gasteiger partial charge on any atom is 0 e. The number of hydrogen-bond acceptors (Lipinski definition) is 1. The van der Waals surface area contributed by atoms with Crippen LogP contribution in [-0.2, 0) is 32.7 Å². The molecule has 1 rings (SSSR count). The van der Waals surface area contributed by atoms with Crippen molar-refractivity contribution in [2.75, 3.05) is 6.54 Å². The summed E-state index contributed by atoms with van der Waals surface area (Å²) in [6, 6.07) is 0.392. The van der Waals surface area contributed by atoms with E-state index in [1.165, 1.54) is 0 Å². The molecule has 0 saturated heterocycles. The molecular formula is C8H11NY-2. The largest absolute Gasteiger partial charge is 0.394 e. The molecule has 1 N–H and O–H groups in total. The van der Waals surface area contributed by atoms with Crippen LogP contribution in [0.2, 0.25) is 0 Å². The summed E-state index contributed by atoms with van der Waals surface area (Å²) in [5.74, 6) is 0. The van der Waals surface area contributed by atoms with Crippen LogP contribution >= 0.6 is 0 Å². The monoisotopic (exact) mass is 210 g/mol. The first-order chi connectivity index (χ1) is 4.34. The van der Waals surface area contributed by atoms with Crippen molar-refractivity contribution in [1.29, 1.82) is 0 Å². The van der Waals surface area contributed by atoms with Crippen LogP contribution < -0.4 is 5.32 Å². The Morgan fingerprint density at radius 2 is 2.50 bits per heavy atom. The van der Waals surface area contributed by atoms with Crippen LogP contribution in [0.15, 0.2) is 11.6 Å². The number of hydrogen-bond donors (Lipinski definition) is 1. The Bertz CT molecular complexity index is 140. The van der Waals surface area contributed by atoms with Gasteiger partial charge in [-0.05, 0) is 6.54 Å². The zero-order chi connectivity index (χ0) is 6.69. The predicted octanol–water partition coefficient (Wildman–Crippen LogP) is 1.08. The van der Waals surface area contributed by atoms with Gasteiger partial charge in [-0.2, -0.15) is 0 Å². The van der Waals surface area contributed by atoms with E-state index in [4.69, 9.17) is 6.58 Å². The van der Waals surface area contributed by atoms with E-state index in [9.17, 15) is 0 Å². The van der Waals surface area contributed by atoms with Gasteiger partial charge < -0.3 is 29.6 Å². The molecule has 1 heterocycles. The SMILES string of the molecule is [CH-]=CC1=[C-]CCNC1C.[Y]. The van der Waals surface area contributed by atoms with Gasteiger partial charge in [0.1, 0.15) is 0 Å². The fraction of sp³-hybridized carbons (Fsp3) is 0.500. The van der Waals surface area contributed by atoms with Crippen LogP contribution in [0.5, 0.6) is 0 Å². The summed E-state index contributed by atoms with van der Waals surface area (Å²) < 4.78 is 0. The maximum absolute atomic E-state index is 5.33. The van der Waals surface area contributed by atoms with Gasteiger partial charge in [0, 0.05) is 32.7 Å².